The van der Waals surface area contributed by atoms with E-state index in [-0.39, 0.29) is 10.1 Å². The summed E-state index contributed by atoms with van der Waals surface area (Å²) in [6.07, 6.45) is -1.97. The molecular weight excluding hydrogens is 643 g/mol. The summed E-state index contributed by atoms with van der Waals surface area (Å²) in [4.78, 5) is 0. The van der Waals surface area contributed by atoms with E-state index >= 15 is 0 Å². The molecule has 0 atom stereocenters. The van der Waals surface area contributed by atoms with Gasteiger partial charge in [0.2, 0.25) is 0 Å². The van der Waals surface area contributed by atoms with E-state index in [0.29, 0.717) is 30.2 Å². The Hall–Kier alpha value is 1.32. The summed E-state index contributed by atoms with van der Waals surface area (Å²) < 4.78 is 6.93. The van der Waals surface area contributed by atoms with Crippen LogP contribution < -0.4 is 0 Å². The Balaban J connectivity index is 5.18. The van der Waals surface area contributed by atoms with E-state index < -0.39 is 52.1 Å². The molecule has 0 N–H and O–H groups in total. The van der Waals surface area contributed by atoms with Crippen LogP contribution in [0.2, 0.25) is 66.5 Å². The highest BCUT2D eigenvalue weighted by Gasteiger charge is 2.81. The quantitative estimate of drug-likeness (QED) is 0.256. The van der Waals surface area contributed by atoms with Gasteiger partial charge in [-0.1, -0.05) is 210 Å². The highest BCUT2D eigenvalue weighted by atomic mass is 30.6. The molecule has 0 unspecified atom stereocenters. The SMILES string of the molecule is CC(C)(C)[Si](C)(/N=[Si]1\[Si-]([Si](C)(C(C)(C)C)C(C)(C)C)[Si]1([Si](C)(C(C)(C)C)C(C)(C)C)[Si](C)(C(C)(C)C)C(C)(C)C)C(C)(C)C. The van der Waals surface area contributed by atoms with Gasteiger partial charge in [-0.3, -0.25) is 7.35 Å². The molecule has 0 aromatic carbocycles. The molecule has 0 saturated carbocycles. The molecule has 1 saturated heterocycles. The fourth-order valence-electron chi connectivity index (χ4n) is 10.6. The van der Waals surface area contributed by atoms with Gasteiger partial charge in [-0.2, -0.15) is 0 Å². The molecule has 262 valence electrons. The van der Waals surface area contributed by atoms with Crippen LogP contribution in [0, 0.1) is 0 Å². The van der Waals surface area contributed by atoms with E-state index in [9.17, 15) is 0 Å². The van der Waals surface area contributed by atoms with Gasteiger partial charge >= 0.3 is 0 Å². The zero-order valence-corrected chi connectivity index (χ0v) is 42.9. The first kappa shape index (κ1) is 43.3. The van der Waals surface area contributed by atoms with Crippen LogP contribution in [-0.2, 0) is 0 Å². The zero-order chi connectivity index (χ0) is 36.4. The molecule has 44 heavy (non-hydrogen) atoms. The number of hydrogen-bond donors (Lipinski definition) is 0. The molecule has 0 aromatic heterocycles. The standard InChI is InChI=1S/C36H84NSi7/c1-29(2,3)40(25,30(4,5)6)37-38-39(41(26,31(7,8)9)32(10,11)12)44(38,42(27,33(13,14)15)34(16,17)18)43(28,35(19,20)21)36(22,23)24/h1-28H3/q-1/b38-37+. The maximum absolute atomic E-state index is 6.93. The van der Waals surface area contributed by atoms with E-state index in [1.807, 2.05) is 0 Å². The second-order valence-electron chi connectivity index (χ2n) is 24.0. The average molecular weight is 728 g/mol. The summed E-state index contributed by atoms with van der Waals surface area (Å²) in [7, 11) is -9.49. The van der Waals surface area contributed by atoms with Gasteiger partial charge < -0.3 is 4.30 Å². The molecule has 0 aromatic rings. The predicted octanol–water partition coefficient (Wildman–Crippen LogP) is 13.9. The highest BCUT2D eigenvalue weighted by Crippen LogP contribution is 2.73. The Labute approximate surface area is 287 Å². The minimum atomic E-state index is -2.08. The Morgan fingerprint density at radius 2 is 0.614 bits per heavy atom. The van der Waals surface area contributed by atoms with Crippen LogP contribution >= 0.6 is 0 Å². The summed E-state index contributed by atoms with van der Waals surface area (Å²) in [5, 5.41) is 2.67. The van der Waals surface area contributed by atoms with Crippen LogP contribution in [-0.4, -0.2) is 52.1 Å². The number of hydrogen-bond acceptors (Lipinski definition) is 1. The number of nitrogens with zero attached hydrogens (tertiary/aromatic N) is 1. The highest BCUT2D eigenvalue weighted by molar-refractivity contribution is 8.33. The largest absolute Gasteiger partial charge is 0.406 e. The first-order chi connectivity index (χ1) is 18.5. The van der Waals surface area contributed by atoms with Crippen LogP contribution in [0.5, 0.6) is 0 Å². The van der Waals surface area contributed by atoms with E-state index in [2.05, 4.69) is 192 Å². The minimum absolute atomic E-state index is 0.253. The van der Waals surface area contributed by atoms with E-state index in [0.717, 1.165) is 0 Å². The fraction of sp³-hybridized carbons (Fsp3) is 1.00. The van der Waals surface area contributed by atoms with Crippen LogP contribution in [0.4, 0.5) is 0 Å². The number of rotatable bonds is 4. The lowest BCUT2D eigenvalue weighted by molar-refractivity contribution is 0.615. The van der Waals surface area contributed by atoms with Crippen LogP contribution in [0.1, 0.15) is 166 Å². The minimum Gasteiger partial charge on any atom is -0.406 e. The molecule has 1 rings (SSSR count). The van der Waals surface area contributed by atoms with Crippen molar-refractivity contribution in [3.05, 3.63) is 0 Å². The fourth-order valence-corrected chi connectivity index (χ4v) is 286. The Kier molecular flexibility index (Phi) is 11.0. The first-order valence-electron chi connectivity index (χ1n) is 17.9. The maximum atomic E-state index is 6.93. The van der Waals surface area contributed by atoms with E-state index in [1.165, 1.54) is 0 Å². The van der Waals surface area contributed by atoms with Crippen molar-refractivity contribution in [1.29, 1.82) is 0 Å². The lowest BCUT2D eigenvalue weighted by Crippen LogP contribution is -2.83. The van der Waals surface area contributed by atoms with Gasteiger partial charge in [0.15, 0.2) is 8.24 Å². The molecular formula is C36H84NSi7-. The Morgan fingerprint density at radius 3 is 0.773 bits per heavy atom. The molecule has 1 aliphatic rings. The Morgan fingerprint density at radius 1 is 0.386 bits per heavy atom. The van der Waals surface area contributed by atoms with Gasteiger partial charge in [0.25, 0.3) is 0 Å². The molecule has 0 radical (unpaired) electrons. The lowest BCUT2D eigenvalue weighted by Gasteiger charge is -2.72. The molecule has 1 aliphatic heterocycles. The smallest absolute Gasteiger partial charge is 0.169 e. The normalized spacial score (nSPS) is 20.0. The van der Waals surface area contributed by atoms with E-state index in [1.54, 1.807) is 0 Å². The topological polar surface area (TPSA) is 12.4 Å². The van der Waals surface area contributed by atoms with Crippen molar-refractivity contribution in [1.82, 2.24) is 0 Å². The summed E-state index contributed by atoms with van der Waals surface area (Å²) in [5.41, 5.74) is 0. The van der Waals surface area contributed by atoms with Crippen molar-refractivity contribution in [2.45, 2.75) is 233 Å². The second kappa shape index (κ2) is 11.2. The summed E-state index contributed by atoms with van der Waals surface area (Å²) in [6.45, 7) is 76.2. The van der Waals surface area contributed by atoms with Gasteiger partial charge in [-0.15, -0.1) is 7.62 Å². The van der Waals surface area contributed by atoms with Gasteiger partial charge in [0.05, 0.1) is 0 Å². The monoisotopic (exact) mass is 726 g/mol. The molecule has 0 aliphatic carbocycles. The second-order valence-corrected chi connectivity index (χ2v) is 89.1. The van der Waals surface area contributed by atoms with Crippen molar-refractivity contribution in [3.63, 3.8) is 0 Å². The summed E-state index contributed by atoms with van der Waals surface area (Å²) in [6, 6.07) is 0. The van der Waals surface area contributed by atoms with Gasteiger partial charge in [0.1, 0.15) is 0 Å². The third-order valence-corrected chi connectivity index (χ3v) is 160. The predicted molar refractivity (Wildman–Crippen MR) is 224 cm³/mol. The van der Waals surface area contributed by atoms with Crippen LogP contribution in [0.25, 0.3) is 0 Å². The molecule has 0 bridgehead atoms. The van der Waals surface area contributed by atoms with Gasteiger partial charge in [0, 0.05) is 15.2 Å². The van der Waals surface area contributed by atoms with Crippen molar-refractivity contribution >= 4 is 52.1 Å². The first-order valence-corrected chi connectivity index (χ1v) is 38.8. The summed E-state index contributed by atoms with van der Waals surface area (Å²) >= 11 is 0. The van der Waals surface area contributed by atoms with Crippen LogP contribution in [0.15, 0.2) is 4.30 Å². The molecule has 0 amide bonds. The van der Waals surface area contributed by atoms with Crippen molar-refractivity contribution in [2.24, 2.45) is 4.30 Å². The van der Waals surface area contributed by atoms with Crippen molar-refractivity contribution in [2.75, 3.05) is 0 Å². The average Bonchev–Trinajstić information content (AvgIpc) is 3.34. The van der Waals surface area contributed by atoms with Crippen molar-refractivity contribution < 1.29 is 0 Å². The van der Waals surface area contributed by atoms with Gasteiger partial charge in [-0.25, -0.2) is 0 Å². The molecule has 1 heterocycles. The maximum Gasteiger partial charge on any atom is 0.169 e. The molecule has 8 heteroatoms. The van der Waals surface area contributed by atoms with Crippen LogP contribution in [0.3, 0.4) is 0 Å². The molecule has 1 fully saturated rings. The summed E-state index contributed by atoms with van der Waals surface area (Å²) in [5.74, 6) is 0. The third-order valence-electron chi connectivity index (χ3n) is 15.2. The molecule has 1 nitrogen and oxygen atoms in total. The molecule has 0 spiro atoms. The lowest BCUT2D eigenvalue weighted by atomic mass is 10.2. The van der Waals surface area contributed by atoms with Crippen molar-refractivity contribution in [3.8, 4) is 0 Å². The third kappa shape index (κ3) is 5.73. The zero-order valence-electron chi connectivity index (χ0n) is 35.9. The van der Waals surface area contributed by atoms with Gasteiger partial charge in [-0.05, 0) is 36.8 Å². The van der Waals surface area contributed by atoms with E-state index in [4.69, 9.17) is 4.30 Å². The Bertz CT molecular complexity index is 1000.